The lowest BCUT2D eigenvalue weighted by molar-refractivity contribution is -0.118. The lowest BCUT2D eigenvalue weighted by Crippen LogP contribution is -2.52. The molecule has 3 amide bonds. The van der Waals surface area contributed by atoms with Crippen molar-refractivity contribution in [1.29, 1.82) is 0 Å². The number of amides is 3. The van der Waals surface area contributed by atoms with Gasteiger partial charge in [0.25, 0.3) is 0 Å². The number of nitrogens with two attached hydrogens (primary N) is 1. The second-order valence-electron chi connectivity index (χ2n) is 9.30. The topological polar surface area (TPSA) is 126 Å². The molecule has 3 aromatic rings. The molecule has 0 radical (unpaired) electrons. The van der Waals surface area contributed by atoms with E-state index >= 15 is 0 Å². The number of nitrogens with zero attached hydrogens (tertiary/aromatic N) is 8. The molecule has 5 rings (SSSR count). The Morgan fingerprint density at radius 1 is 1.19 bits per heavy atom. The number of urea groups is 1. The predicted molar refractivity (Wildman–Crippen MR) is 139 cm³/mol. The summed E-state index contributed by atoms with van der Waals surface area (Å²) in [5.74, 6) is -0.822. The number of rotatable bonds is 5. The van der Waals surface area contributed by atoms with E-state index in [1.165, 1.54) is 10.9 Å². The Hall–Kier alpha value is -4.29. The number of anilines is 1. The van der Waals surface area contributed by atoms with Crippen molar-refractivity contribution in [2.75, 3.05) is 31.1 Å². The number of hydrogen-bond acceptors (Lipinski definition) is 7. The molecule has 2 aromatic heterocycles. The Balaban J connectivity index is 1.26. The van der Waals surface area contributed by atoms with Gasteiger partial charge in [-0.05, 0) is 18.6 Å². The van der Waals surface area contributed by atoms with Crippen molar-refractivity contribution in [2.24, 2.45) is 10.8 Å². The average molecular weight is 503 g/mol. The van der Waals surface area contributed by atoms with Gasteiger partial charge in [0.1, 0.15) is 25.8 Å². The zero-order chi connectivity index (χ0) is 26.1. The Morgan fingerprint density at radius 2 is 1.97 bits per heavy atom. The number of hydrogen-bond donors (Lipinski definition) is 1. The van der Waals surface area contributed by atoms with E-state index in [-0.39, 0.29) is 30.0 Å². The largest absolute Gasteiger partial charge is 0.368 e. The third kappa shape index (κ3) is 5.15. The summed E-state index contributed by atoms with van der Waals surface area (Å²) in [5, 5.41) is 10.1. The SMILES string of the molecule is Bc1cc(C)cc(C2CC=NN2C(=O)N2CCN(c3ncc(F)c(-c4ccn(CC(N)=O)n4)n3)CC2)c1. The first-order valence-corrected chi connectivity index (χ1v) is 12.1. The van der Waals surface area contributed by atoms with Crippen LogP contribution in [0.5, 0.6) is 0 Å². The molecule has 2 aliphatic rings. The summed E-state index contributed by atoms with van der Waals surface area (Å²) in [6, 6.07) is 7.62. The van der Waals surface area contributed by atoms with E-state index in [9.17, 15) is 14.0 Å². The number of halogens is 1. The number of benzene rings is 1. The van der Waals surface area contributed by atoms with Gasteiger partial charge >= 0.3 is 6.03 Å². The van der Waals surface area contributed by atoms with Crippen LogP contribution in [0, 0.1) is 12.7 Å². The molecular weight excluding hydrogens is 476 g/mol. The number of carbonyl (C=O) groups excluding carboxylic acids is 2. The van der Waals surface area contributed by atoms with Crippen molar-refractivity contribution in [2.45, 2.75) is 25.9 Å². The van der Waals surface area contributed by atoms with E-state index in [4.69, 9.17) is 5.73 Å². The minimum absolute atomic E-state index is 0.0365. The smallest absolute Gasteiger partial charge is 0.341 e. The third-order valence-electron chi connectivity index (χ3n) is 6.42. The molecule has 2 aliphatic heterocycles. The first kappa shape index (κ1) is 24.4. The Labute approximate surface area is 214 Å². The molecular formula is C24H27BFN9O2. The molecule has 1 unspecified atom stereocenters. The molecule has 2 N–H and O–H groups in total. The van der Waals surface area contributed by atoms with Crippen LogP contribution in [0.4, 0.5) is 15.1 Å². The number of aryl methyl sites for hydroxylation is 1. The second kappa shape index (κ2) is 9.99. The molecule has 11 nitrogen and oxygen atoms in total. The van der Waals surface area contributed by atoms with E-state index in [2.05, 4.69) is 38.4 Å². The summed E-state index contributed by atoms with van der Waals surface area (Å²) in [4.78, 5) is 36.7. The number of aromatic nitrogens is 4. The van der Waals surface area contributed by atoms with Crippen LogP contribution in [0.3, 0.4) is 0 Å². The molecule has 0 spiro atoms. The highest BCUT2D eigenvalue weighted by molar-refractivity contribution is 6.32. The monoisotopic (exact) mass is 503 g/mol. The fraction of sp³-hybridized carbons (Fsp3) is 0.333. The Bertz CT molecular complexity index is 1350. The van der Waals surface area contributed by atoms with Gasteiger partial charge in [-0.3, -0.25) is 9.48 Å². The molecule has 37 heavy (non-hydrogen) atoms. The fourth-order valence-corrected chi connectivity index (χ4v) is 4.75. The van der Waals surface area contributed by atoms with Gasteiger partial charge in [0, 0.05) is 45.0 Å². The van der Waals surface area contributed by atoms with Gasteiger partial charge in [-0.15, -0.1) is 0 Å². The molecule has 1 fully saturated rings. The van der Waals surface area contributed by atoms with Gasteiger partial charge in [-0.25, -0.2) is 24.2 Å². The summed E-state index contributed by atoms with van der Waals surface area (Å²) in [6.45, 7) is 3.81. The second-order valence-corrected chi connectivity index (χ2v) is 9.30. The van der Waals surface area contributed by atoms with E-state index in [1.54, 1.807) is 22.2 Å². The van der Waals surface area contributed by atoms with Crippen LogP contribution in [-0.4, -0.2) is 81.8 Å². The Morgan fingerprint density at radius 3 is 2.70 bits per heavy atom. The van der Waals surface area contributed by atoms with Crippen molar-refractivity contribution in [3.05, 3.63) is 53.6 Å². The third-order valence-corrected chi connectivity index (χ3v) is 6.42. The molecule has 1 atom stereocenters. The minimum atomic E-state index is -0.619. The average Bonchev–Trinajstić information content (AvgIpc) is 3.53. The molecule has 1 saturated heterocycles. The molecule has 0 aliphatic carbocycles. The predicted octanol–water partition coefficient (Wildman–Crippen LogP) is 0.206. The lowest BCUT2D eigenvalue weighted by Gasteiger charge is -2.37. The molecule has 190 valence electrons. The van der Waals surface area contributed by atoms with E-state index in [0.717, 1.165) is 22.8 Å². The first-order valence-electron chi connectivity index (χ1n) is 12.1. The first-order chi connectivity index (χ1) is 17.8. The quantitative estimate of drug-likeness (QED) is 0.496. The molecule has 13 heteroatoms. The van der Waals surface area contributed by atoms with Gasteiger partial charge < -0.3 is 15.5 Å². The van der Waals surface area contributed by atoms with E-state index in [1.807, 2.05) is 19.7 Å². The van der Waals surface area contributed by atoms with Crippen LogP contribution in [0.1, 0.15) is 23.6 Å². The van der Waals surface area contributed by atoms with Crippen molar-refractivity contribution >= 4 is 37.4 Å². The molecule has 0 bridgehead atoms. The number of primary amides is 1. The highest BCUT2D eigenvalue weighted by atomic mass is 19.1. The molecule has 1 aromatic carbocycles. The zero-order valence-corrected chi connectivity index (χ0v) is 20.7. The van der Waals surface area contributed by atoms with E-state index in [0.29, 0.717) is 38.5 Å². The van der Waals surface area contributed by atoms with Crippen LogP contribution in [0.15, 0.2) is 41.8 Å². The van der Waals surface area contributed by atoms with Gasteiger partial charge in [-0.1, -0.05) is 29.2 Å². The van der Waals surface area contributed by atoms with Gasteiger partial charge in [0.2, 0.25) is 11.9 Å². The van der Waals surface area contributed by atoms with Gasteiger partial charge in [0.15, 0.2) is 5.82 Å². The van der Waals surface area contributed by atoms with Crippen LogP contribution in [0.25, 0.3) is 11.4 Å². The highest BCUT2D eigenvalue weighted by Gasteiger charge is 2.33. The summed E-state index contributed by atoms with van der Waals surface area (Å²) in [5.41, 5.74) is 8.90. The number of hydrazone groups is 1. The summed E-state index contributed by atoms with van der Waals surface area (Å²) in [6.07, 6.45) is 5.11. The fourth-order valence-electron chi connectivity index (χ4n) is 4.75. The minimum Gasteiger partial charge on any atom is -0.368 e. The standard InChI is InChI=1S/C24H27BFN9O2/c1-15-10-16(12-17(25)11-15)20-2-4-29-35(20)24(37)33-8-6-32(7-9-33)23-28-13-18(26)22(30-23)19-3-5-34(31-19)14-21(27)36/h3-5,10-13,20H,2,6-9,14,25H2,1H3,(H2,27,36). The summed E-state index contributed by atoms with van der Waals surface area (Å²) >= 11 is 0. The maximum atomic E-state index is 14.5. The lowest BCUT2D eigenvalue weighted by atomic mass is 9.90. The summed E-state index contributed by atoms with van der Waals surface area (Å²) < 4.78 is 15.8. The molecule has 0 saturated carbocycles. The number of piperazine rings is 1. The highest BCUT2D eigenvalue weighted by Crippen LogP contribution is 2.30. The van der Waals surface area contributed by atoms with Crippen LogP contribution < -0.4 is 16.1 Å². The van der Waals surface area contributed by atoms with E-state index < -0.39 is 11.7 Å². The van der Waals surface area contributed by atoms with Crippen LogP contribution >= 0.6 is 0 Å². The van der Waals surface area contributed by atoms with Crippen LogP contribution in [0.2, 0.25) is 0 Å². The normalized spacial score (nSPS) is 17.5. The van der Waals surface area contributed by atoms with Gasteiger partial charge in [0.05, 0.1) is 12.2 Å². The maximum absolute atomic E-state index is 14.5. The van der Waals surface area contributed by atoms with Crippen molar-refractivity contribution in [3.8, 4) is 11.4 Å². The van der Waals surface area contributed by atoms with Crippen LogP contribution in [-0.2, 0) is 11.3 Å². The zero-order valence-electron chi connectivity index (χ0n) is 20.7. The molecule has 4 heterocycles. The summed E-state index contributed by atoms with van der Waals surface area (Å²) in [7, 11) is 2.05. The Kier molecular flexibility index (Phi) is 6.59. The van der Waals surface area contributed by atoms with Gasteiger partial charge in [-0.2, -0.15) is 10.2 Å². The maximum Gasteiger partial charge on any atom is 0.341 e. The van der Waals surface area contributed by atoms with Crippen molar-refractivity contribution < 1.29 is 14.0 Å². The van der Waals surface area contributed by atoms with Crippen molar-refractivity contribution in [3.63, 3.8) is 0 Å². The number of carbonyl (C=O) groups is 2. The van der Waals surface area contributed by atoms with Crippen molar-refractivity contribution in [1.82, 2.24) is 29.7 Å².